The van der Waals surface area contributed by atoms with Crippen LogP contribution in [0.15, 0.2) is 23.4 Å². The molecular formula is C9H6N10O2. The summed E-state index contributed by atoms with van der Waals surface area (Å²) in [5.74, 6) is 0.0544. The number of imidazole rings is 1. The fourth-order valence-electron chi connectivity index (χ4n) is 1.82. The molecule has 0 saturated heterocycles. The zero-order valence-electron chi connectivity index (χ0n) is 10.5. The Morgan fingerprint density at radius 3 is 2.90 bits per heavy atom. The number of aromatic nitrogens is 6. The van der Waals surface area contributed by atoms with Crippen LogP contribution in [0, 0.1) is 10.1 Å². The van der Waals surface area contributed by atoms with E-state index in [0.717, 1.165) is 0 Å². The normalized spacial score (nSPS) is 10.5. The zero-order valence-corrected chi connectivity index (χ0v) is 10.5. The lowest BCUT2D eigenvalue weighted by atomic mass is 10.4. The average molecular weight is 286 g/mol. The smallest absolute Gasteiger partial charge is 0.390 e. The summed E-state index contributed by atoms with van der Waals surface area (Å²) in [5, 5.41) is 26.1. The highest BCUT2D eigenvalue weighted by Gasteiger charge is 2.23. The molecule has 0 aliphatic heterocycles. The number of rotatable bonds is 3. The van der Waals surface area contributed by atoms with Crippen LogP contribution in [-0.4, -0.2) is 34.3 Å². The van der Waals surface area contributed by atoms with Crippen LogP contribution in [0.5, 0.6) is 0 Å². The van der Waals surface area contributed by atoms with Gasteiger partial charge in [-0.2, -0.15) is 9.61 Å². The topological polar surface area (TPSA) is 153 Å². The van der Waals surface area contributed by atoms with Gasteiger partial charge in [-0.1, -0.05) is 4.98 Å². The van der Waals surface area contributed by atoms with E-state index in [0.29, 0.717) is 11.3 Å². The molecule has 0 radical (unpaired) electrons. The molecule has 3 heterocycles. The van der Waals surface area contributed by atoms with E-state index in [1.54, 1.807) is 6.07 Å². The quantitative estimate of drug-likeness (QED) is 0.233. The van der Waals surface area contributed by atoms with Crippen LogP contribution in [0.3, 0.4) is 0 Å². The first-order valence-electron chi connectivity index (χ1n) is 5.56. The van der Waals surface area contributed by atoms with Gasteiger partial charge in [-0.05, 0) is 27.7 Å². The second kappa shape index (κ2) is 4.54. The number of nitrogens with zero attached hydrogens (tertiary/aromatic N) is 10. The van der Waals surface area contributed by atoms with Crippen LogP contribution >= 0.6 is 0 Å². The molecule has 12 nitrogen and oxygen atoms in total. The molecule has 21 heavy (non-hydrogen) atoms. The van der Waals surface area contributed by atoms with Gasteiger partial charge >= 0.3 is 5.95 Å². The number of hydrogen-bond donors (Lipinski definition) is 0. The summed E-state index contributed by atoms with van der Waals surface area (Å²) in [6.07, 6.45) is 1.30. The lowest BCUT2D eigenvalue weighted by Crippen LogP contribution is -2.02. The van der Waals surface area contributed by atoms with Crippen LogP contribution in [0.4, 0.5) is 11.8 Å². The van der Waals surface area contributed by atoms with Crippen molar-refractivity contribution in [3.8, 4) is 11.5 Å². The van der Waals surface area contributed by atoms with Crippen molar-refractivity contribution in [3.05, 3.63) is 38.9 Å². The van der Waals surface area contributed by atoms with Crippen molar-refractivity contribution in [1.82, 2.24) is 29.4 Å². The lowest BCUT2D eigenvalue weighted by molar-refractivity contribution is -0.396. The Labute approximate surface area is 115 Å². The minimum absolute atomic E-state index is 0.128. The van der Waals surface area contributed by atoms with Gasteiger partial charge < -0.3 is 10.1 Å². The molecule has 104 valence electrons. The van der Waals surface area contributed by atoms with Crippen molar-refractivity contribution in [2.75, 3.05) is 0 Å². The second-order valence-electron chi connectivity index (χ2n) is 3.93. The van der Waals surface area contributed by atoms with Gasteiger partial charge in [-0.15, -0.1) is 10.2 Å². The molecular weight excluding hydrogens is 280 g/mol. The number of fused-ring (bicyclic) bond motifs is 1. The first-order valence-corrected chi connectivity index (χ1v) is 5.56. The van der Waals surface area contributed by atoms with Gasteiger partial charge in [0.05, 0.1) is 7.05 Å². The predicted octanol–water partition coefficient (Wildman–Crippen LogP) is 1.37. The van der Waals surface area contributed by atoms with E-state index in [4.69, 9.17) is 5.53 Å². The van der Waals surface area contributed by atoms with E-state index in [1.165, 1.54) is 28.4 Å². The number of azide groups is 1. The monoisotopic (exact) mass is 286 g/mol. The molecule has 0 unspecified atom stereocenters. The summed E-state index contributed by atoms with van der Waals surface area (Å²) in [5.41, 5.74) is 9.19. The maximum atomic E-state index is 10.8. The molecule has 0 aliphatic rings. The van der Waals surface area contributed by atoms with Crippen molar-refractivity contribution in [2.24, 2.45) is 12.2 Å². The van der Waals surface area contributed by atoms with Gasteiger partial charge in [0.15, 0.2) is 11.3 Å². The summed E-state index contributed by atoms with van der Waals surface area (Å²) in [7, 11) is 1.48. The van der Waals surface area contributed by atoms with E-state index in [1.807, 2.05) is 0 Å². The van der Waals surface area contributed by atoms with E-state index in [-0.39, 0.29) is 17.6 Å². The van der Waals surface area contributed by atoms with Gasteiger partial charge in [-0.3, -0.25) is 0 Å². The van der Waals surface area contributed by atoms with Gasteiger partial charge in [-0.25, -0.2) is 4.57 Å². The highest BCUT2D eigenvalue weighted by molar-refractivity contribution is 5.56. The molecule has 3 aromatic rings. The Balaban J connectivity index is 2.23. The van der Waals surface area contributed by atoms with E-state index in [9.17, 15) is 10.1 Å². The van der Waals surface area contributed by atoms with E-state index < -0.39 is 4.92 Å². The molecule has 3 rings (SSSR count). The fourth-order valence-corrected chi connectivity index (χ4v) is 1.82. The molecule has 0 fully saturated rings. The molecule has 0 aliphatic carbocycles. The summed E-state index contributed by atoms with van der Waals surface area (Å²) in [6, 6.07) is 3.05. The third kappa shape index (κ3) is 1.91. The van der Waals surface area contributed by atoms with Crippen molar-refractivity contribution in [2.45, 2.75) is 0 Å². The highest BCUT2D eigenvalue weighted by atomic mass is 16.6. The molecule has 0 atom stereocenters. The maximum Gasteiger partial charge on any atom is 0.434 e. The standard InChI is InChI=1S/C9H6N10O2/c1-17-5(4-11-9(17)19(20)21)8-14-13-7-3-2-6(12-16-10)15-18(7)8/h2-4H,1H3. The highest BCUT2D eigenvalue weighted by Crippen LogP contribution is 2.22. The zero-order chi connectivity index (χ0) is 15.0. The summed E-state index contributed by atoms with van der Waals surface area (Å²) < 4.78 is 2.59. The van der Waals surface area contributed by atoms with Gasteiger partial charge in [0, 0.05) is 4.91 Å². The summed E-state index contributed by atoms with van der Waals surface area (Å²) in [6.45, 7) is 0. The van der Waals surface area contributed by atoms with E-state index in [2.05, 4.69) is 30.3 Å². The van der Waals surface area contributed by atoms with Crippen LogP contribution in [0.2, 0.25) is 0 Å². The Kier molecular flexibility index (Phi) is 2.70. The van der Waals surface area contributed by atoms with Crippen LogP contribution < -0.4 is 0 Å². The Bertz CT molecular complexity index is 903. The number of nitro groups is 1. The van der Waals surface area contributed by atoms with Crippen molar-refractivity contribution < 1.29 is 4.92 Å². The van der Waals surface area contributed by atoms with Gasteiger partial charge in [0.1, 0.15) is 12.0 Å². The molecule has 0 amide bonds. The van der Waals surface area contributed by atoms with Crippen molar-refractivity contribution in [1.29, 1.82) is 0 Å². The largest absolute Gasteiger partial charge is 0.434 e. The third-order valence-corrected chi connectivity index (χ3v) is 2.75. The van der Waals surface area contributed by atoms with Crippen molar-refractivity contribution in [3.63, 3.8) is 0 Å². The molecule has 3 aromatic heterocycles. The average Bonchev–Trinajstić information content (AvgIpc) is 3.02. The molecule has 0 saturated carbocycles. The van der Waals surface area contributed by atoms with Gasteiger partial charge in [0.2, 0.25) is 5.82 Å². The molecule has 0 N–H and O–H groups in total. The summed E-state index contributed by atoms with van der Waals surface area (Å²) in [4.78, 5) is 16.6. The molecule has 0 spiro atoms. The fraction of sp³-hybridized carbons (Fsp3) is 0.111. The van der Waals surface area contributed by atoms with Crippen LogP contribution in [0.25, 0.3) is 27.6 Å². The Morgan fingerprint density at radius 1 is 1.43 bits per heavy atom. The van der Waals surface area contributed by atoms with Gasteiger partial charge in [0.25, 0.3) is 0 Å². The maximum absolute atomic E-state index is 10.8. The SMILES string of the molecule is Cn1c(-c2nnc3ccc(N=[N+]=[N-])nn23)cnc1[N+](=O)[O-]. The first kappa shape index (κ1) is 12.5. The van der Waals surface area contributed by atoms with Crippen LogP contribution in [-0.2, 0) is 7.05 Å². The van der Waals surface area contributed by atoms with Crippen LogP contribution in [0.1, 0.15) is 0 Å². The summed E-state index contributed by atoms with van der Waals surface area (Å²) >= 11 is 0. The second-order valence-corrected chi connectivity index (χ2v) is 3.93. The van der Waals surface area contributed by atoms with E-state index >= 15 is 0 Å². The molecule has 12 heteroatoms. The molecule has 0 bridgehead atoms. The Morgan fingerprint density at radius 2 is 2.24 bits per heavy atom. The molecule has 0 aromatic carbocycles. The lowest BCUT2D eigenvalue weighted by Gasteiger charge is -1.99. The Hall–Kier alpha value is -3.53. The number of hydrogen-bond acceptors (Lipinski definition) is 7. The van der Waals surface area contributed by atoms with Crippen molar-refractivity contribution >= 4 is 17.4 Å². The minimum Gasteiger partial charge on any atom is -0.390 e. The predicted molar refractivity (Wildman–Crippen MR) is 68.4 cm³/mol. The minimum atomic E-state index is -0.606. The third-order valence-electron chi connectivity index (χ3n) is 2.75. The first-order chi connectivity index (χ1) is 10.1.